The maximum atomic E-state index is 9.00. The summed E-state index contributed by atoms with van der Waals surface area (Å²) in [4.78, 5) is 18.0. The van der Waals surface area contributed by atoms with E-state index in [4.69, 9.17) is 40.2 Å². The molecule has 0 atom stereocenters. The molecular weight excluding hydrogens is 669 g/mol. The Kier molecular flexibility index (Phi) is 50.9. The molecule has 0 spiro atoms. The summed E-state index contributed by atoms with van der Waals surface area (Å²) in [7, 11) is 0.310. The Morgan fingerprint density at radius 2 is 0.548 bits per heavy atom. The predicted molar refractivity (Wildman–Crippen MR) is 176 cm³/mol. The molecule has 42 heavy (non-hydrogen) atoms. The fraction of sp³-hybridized carbons (Fsp3) is 0.935. The van der Waals surface area contributed by atoms with Gasteiger partial charge in [-0.3, -0.25) is 9.59 Å². The van der Waals surface area contributed by atoms with Crippen molar-refractivity contribution in [2.24, 2.45) is 0 Å². The fourth-order valence-electron chi connectivity index (χ4n) is 4.39. The second-order valence-corrected chi connectivity index (χ2v) is 16.0. The van der Waals surface area contributed by atoms with Gasteiger partial charge in [0.1, 0.15) is 0 Å². The molecule has 0 aliphatic heterocycles. The van der Waals surface area contributed by atoms with Crippen molar-refractivity contribution in [1.29, 1.82) is 0 Å². The molecule has 0 aromatic rings. The second-order valence-electron chi connectivity index (χ2n) is 10.6. The van der Waals surface area contributed by atoms with E-state index in [0.717, 1.165) is 39.5 Å². The maximum absolute atomic E-state index is 9.00. The van der Waals surface area contributed by atoms with Gasteiger partial charge in [0.25, 0.3) is 11.9 Å². The number of aliphatic hydroxyl groups excluding tert-OH is 4. The van der Waals surface area contributed by atoms with Crippen LogP contribution in [-0.4, -0.2) is 106 Å². The number of carbonyl (C=O) groups is 2. The molecule has 0 heterocycles. The van der Waals surface area contributed by atoms with Crippen LogP contribution in [0.2, 0.25) is 0 Å². The van der Waals surface area contributed by atoms with Crippen LogP contribution in [0.4, 0.5) is 0 Å². The van der Waals surface area contributed by atoms with E-state index >= 15 is 0 Å². The first-order valence-electron chi connectivity index (χ1n) is 16.0. The first kappa shape index (κ1) is 49.2. The number of hydrogen-bond acceptors (Lipinski definition) is 6. The van der Waals surface area contributed by atoms with E-state index in [9.17, 15) is 0 Å². The summed E-state index contributed by atoms with van der Waals surface area (Å²) in [5, 5.41) is 50.8. The molecule has 0 radical (unpaired) electrons. The molecule has 0 saturated carbocycles. The van der Waals surface area contributed by atoms with Gasteiger partial charge in [0.2, 0.25) is 0 Å². The number of unbranched alkanes of at least 4 members (excludes halogenated alkanes) is 12. The van der Waals surface area contributed by atoms with Crippen molar-refractivity contribution in [2.75, 3.05) is 63.4 Å². The summed E-state index contributed by atoms with van der Waals surface area (Å²) in [6, 6.07) is 0. The van der Waals surface area contributed by atoms with Gasteiger partial charge in [-0.1, -0.05) is 51.4 Å². The van der Waals surface area contributed by atoms with Crippen molar-refractivity contribution in [3.05, 3.63) is 0 Å². The second kappa shape index (κ2) is 43.4. The summed E-state index contributed by atoms with van der Waals surface area (Å²) in [5.41, 5.74) is 0. The van der Waals surface area contributed by atoms with Gasteiger partial charge in [0, 0.05) is 60.7 Å². The first-order chi connectivity index (χ1) is 19.7. The zero-order valence-corrected chi connectivity index (χ0v) is 30.1. The summed E-state index contributed by atoms with van der Waals surface area (Å²) in [5.74, 6) is -1.67. The topological polar surface area (TPSA) is 156 Å². The number of hydrogen-bond donors (Lipinski definition) is 6. The standard InChI is InChI=1S/C27H58O4P2.2C2H4O2.Pd/c28-18-9-1-5-13-22-32(23-14-6-2-10-19-29)26-17-27-33(24-15-7-3-11-20-30)25-16-8-4-12-21-31;2*1-2(3)4;/h28-31H,1-27H2;2*1H3,(H,3,4);. The fourth-order valence-corrected chi connectivity index (χ4v) is 9.88. The minimum atomic E-state index is -0.833. The molecule has 0 aromatic carbocycles. The summed E-state index contributed by atoms with van der Waals surface area (Å²) in [6.07, 6.45) is 29.0. The van der Waals surface area contributed by atoms with Gasteiger partial charge in [0.05, 0.1) is 0 Å². The van der Waals surface area contributed by atoms with Crippen LogP contribution in [0.3, 0.4) is 0 Å². The Bertz CT molecular complexity index is 453. The summed E-state index contributed by atoms with van der Waals surface area (Å²) < 4.78 is 0. The molecule has 11 heteroatoms. The molecule has 0 unspecified atom stereocenters. The van der Waals surface area contributed by atoms with Crippen LogP contribution >= 0.6 is 15.8 Å². The van der Waals surface area contributed by atoms with Crippen LogP contribution in [0.25, 0.3) is 0 Å². The Hall–Kier alpha value is 0.302. The van der Waals surface area contributed by atoms with E-state index < -0.39 is 11.9 Å². The van der Waals surface area contributed by atoms with Crippen LogP contribution < -0.4 is 0 Å². The average molecular weight is 735 g/mol. The van der Waals surface area contributed by atoms with Crippen LogP contribution in [0.1, 0.15) is 123 Å². The number of aliphatic carboxylic acids is 2. The maximum Gasteiger partial charge on any atom is 0.300 e. The third kappa shape index (κ3) is 52.9. The third-order valence-corrected chi connectivity index (χ3v) is 12.2. The number of carboxylic acids is 2. The first-order valence-corrected chi connectivity index (χ1v) is 19.8. The molecule has 8 nitrogen and oxygen atoms in total. The van der Waals surface area contributed by atoms with Crippen molar-refractivity contribution in [2.45, 2.75) is 123 Å². The van der Waals surface area contributed by atoms with Crippen LogP contribution in [0, 0.1) is 0 Å². The monoisotopic (exact) mass is 734 g/mol. The van der Waals surface area contributed by atoms with Crippen molar-refractivity contribution < 1.29 is 60.7 Å². The Morgan fingerprint density at radius 3 is 0.738 bits per heavy atom. The summed E-state index contributed by atoms with van der Waals surface area (Å²) >= 11 is 0. The van der Waals surface area contributed by atoms with Gasteiger partial charge in [-0.2, -0.15) is 0 Å². The van der Waals surface area contributed by atoms with Gasteiger partial charge in [-0.15, -0.1) is 15.8 Å². The molecule has 0 bridgehead atoms. The van der Waals surface area contributed by atoms with Gasteiger partial charge >= 0.3 is 0 Å². The van der Waals surface area contributed by atoms with E-state index in [1.165, 1.54) is 120 Å². The largest absolute Gasteiger partial charge is 0.481 e. The summed E-state index contributed by atoms with van der Waals surface area (Å²) in [6.45, 7) is 3.51. The molecule has 0 aliphatic carbocycles. The zero-order chi connectivity index (χ0) is 31.4. The number of carboxylic acid groups (broad SMARTS) is 2. The van der Waals surface area contributed by atoms with Crippen molar-refractivity contribution in [1.82, 2.24) is 0 Å². The minimum Gasteiger partial charge on any atom is -0.481 e. The van der Waals surface area contributed by atoms with Crippen LogP contribution in [0.5, 0.6) is 0 Å². The van der Waals surface area contributed by atoms with Gasteiger partial charge in [0.15, 0.2) is 0 Å². The molecule has 0 fully saturated rings. The molecule has 0 amide bonds. The smallest absolute Gasteiger partial charge is 0.300 e. The van der Waals surface area contributed by atoms with Gasteiger partial charge in [-0.25, -0.2) is 0 Å². The van der Waals surface area contributed by atoms with Crippen LogP contribution in [-0.2, 0) is 30.0 Å². The third-order valence-electron chi connectivity index (χ3n) is 6.48. The van der Waals surface area contributed by atoms with E-state index in [1.54, 1.807) is 0 Å². The van der Waals surface area contributed by atoms with E-state index in [0.29, 0.717) is 26.4 Å². The molecule has 0 saturated heterocycles. The quantitative estimate of drug-likeness (QED) is 0.0294. The Morgan fingerprint density at radius 1 is 0.381 bits per heavy atom. The zero-order valence-electron chi connectivity index (χ0n) is 26.8. The predicted octanol–water partition coefficient (Wildman–Crippen LogP) is 6.73. The molecular formula is C31H66O8P2Pd. The molecule has 0 aromatic heterocycles. The molecule has 258 valence electrons. The normalized spacial score (nSPS) is 10.5. The van der Waals surface area contributed by atoms with Crippen molar-refractivity contribution in [3.63, 3.8) is 0 Å². The van der Waals surface area contributed by atoms with Crippen LogP contribution in [0.15, 0.2) is 0 Å². The van der Waals surface area contributed by atoms with Crippen molar-refractivity contribution >= 4 is 27.8 Å². The Balaban J connectivity index is -0.000000706. The SMILES string of the molecule is CC(=O)O.CC(=O)O.OCCCCCCP(CCCCCCO)CCCP(CCCCCCO)CCCCCCO.[Pd]. The Labute approximate surface area is 274 Å². The minimum absolute atomic E-state index is 0. The van der Waals surface area contributed by atoms with E-state index in [2.05, 4.69) is 0 Å². The average Bonchev–Trinajstić information content (AvgIpc) is 2.91. The van der Waals surface area contributed by atoms with Gasteiger partial charge in [-0.05, 0) is 94.8 Å². The van der Waals surface area contributed by atoms with Gasteiger partial charge < -0.3 is 30.6 Å². The van der Waals surface area contributed by atoms with E-state index in [-0.39, 0.29) is 36.3 Å². The molecule has 0 aliphatic rings. The number of rotatable bonds is 28. The van der Waals surface area contributed by atoms with E-state index in [1.807, 2.05) is 0 Å². The van der Waals surface area contributed by atoms with Crippen molar-refractivity contribution in [3.8, 4) is 0 Å². The number of aliphatic hydroxyl groups is 4. The molecule has 0 rings (SSSR count). The molecule has 6 N–H and O–H groups in total.